The second-order valence-corrected chi connectivity index (χ2v) is 6.70. The summed E-state index contributed by atoms with van der Waals surface area (Å²) >= 11 is 0. The number of hydrogen-bond donors (Lipinski definition) is 2. The minimum absolute atomic E-state index is 0.122. The maximum atomic E-state index is 12.2. The van der Waals surface area contributed by atoms with Gasteiger partial charge in [0.1, 0.15) is 0 Å². The van der Waals surface area contributed by atoms with E-state index in [4.69, 9.17) is 0 Å². The molecule has 2 aromatic rings. The highest BCUT2D eigenvalue weighted by molar-refractivity contribution is 7.89. The first-order valence-electron chi connectivity index (χ1n) is 6.65. The molecule has 8 heteroatoms. The Morgan fingerprint density at radius 3 is 2.41 bits per heavy atom. The highest BCUT2D eigenvalue weighted by Crippen LogP contribution is 2.14. The summed E-state index contributed by atoms with van der Waals surface area (Å²) in [6.45, 7) is 3.41. The first-order valence-corrected chi connectivity index (χ1v) is 8.13. The van der Waals surface area contributed by atoms with Crippen LogP contribution in [0.15, 0.2) is 35.2 Å². The molecular weight excluding hydrogens is 304 g/mol. The fourth-order valence-corrected chi connectivity index (χ4v) is 2.89. The van der Waals surface area contributed by atoms with Crippen molar-refractivity contribution in [1.82, 2.24) is 14.5 Å². The predicted molar refractivity (Wildman–Crippen MR) is 82.7 cm³/mol. The molecule has 2 N–H and O–H groups in total. The number of nitrogens with one attached hydrogen (secondary N) is 2. The predicted octanol–water partition coefficient (Wildman–Crippen LogP) is 1.17. The molecule has 0 saturated carbocycles. The van der Waals surface area contributed by atoms with Crippen LogP contribution >= 0.6 is 0 Å². The number of hydrogen-bond acceptors (Lipinski definition) is 4. The van der Waals surface area contributed by atoms with Gasteiger partial charge in [-0.25, -0.2) is 13.1 Å². The number of carbonyl (C=O) groups is 1. The van der Waals surface area contributed by atoms with Crippen molar-refractivity contribution < 1.29 is 13.2 Å². The van der Waals surface area contributed by atoms with Gasteiger partial charge in [0.05, 0.1) is 17.1 Å². The number of anilines is 1. The maximum Gasteiger partial charge on any atom is 0.240 e. The van der Waals surface area contributed by atoms with Gasteiger partial charge in [0.25, 0.3) is 0 Å². The third kappa shape index (κ3) is 3.92. The zero-order chi connectivity index (χ0) is 16.3. The van der Waals surface area contributed by atoms with Gasteiger partial charge in [-0.1, -0.05) is 0 Å². The molecule has 7 nitrogen and oxygen atoms in total. The van der Waals surface area contributed by atoms with Crippen LogP contribution in [0.3, 0.4) is 0 Å². The summed E-state index contributed by atoms with van der Waals surface area (Å²) in [6, 6.07) is 7.79. The molecule has 0 saturated heterocycles. The molecule has 1 aromatic carbocycles. The Hall–Kier alpha value is -2.19. The van der Waals surface area contributed by atoms with Gasteiger partial charge >= 0.3 is 0 Å². The molecule has 0 aliphatic heterocycles. The molecule has 0 atom stereocenters. The normalized spacial score (nSPS) is 11.4. The van der Waals surface area contributed by atoms with Crippen LogP contribution in [0.2, 0.25) is 0 Å². The number of nitrogens with zero attached hydrogens (tertiary/aromatic N) is 2. The minimum Gasteiger partial charge on any atom is -0.326 e. The van der Waals surface area contributed by atoms with Crippen molar-refractivity contribution in [3.63, 3.8) is 0 Å². The van der Waals surface area contributed by atoms with E-state index >= 15 is 0 Å². The van der Waals surface area contributed by atoms with Crippen LogP contribution in [-0.4, -0.2) is 24.1 Å². The third-order valence-electron chi connectivity index (χ3n) is 3.09. The zero-order valence-corrected chi connectivity index (χ0v) is 13.4. The summed E-state index contributed by atoms with van der Waals surface area (Å²) < 4.78 is 28.6. The molecule has 2 rings (SSSR count). The van der Waals surface area contributed by atoms with Gasteiger partial charge in [0.15, 0.2) is 0 Å². The number of benzene rings is 1. The highest BCUT2D eigenvalue weighted by atomic mass is 32.2. The van der Waals surface area contributed by atoms with Gasteiger partial charge in [-0.05, 0) is 37.3 Å². The number of aromatic nitrogens is 2. The smallest absolute Gasteiger partial charge is 0.240 e. The molecule has 0 aliphatic carbocycles. The van der Waals surface area contributed by atoms with Gasteiger partial charge in [-0.2, -0.15) is 5.10 Å². The average Bonchev–Trinajstić information content (AvgIpc) is 2.76. The van der Waals surface area contributed by atoms with Crippen molar-refractivity contribution in [1.29, 1.82) is 0 Å². The summed E-state index contributed by atoms with van der Waals surface area (Å²) in [6.07, 6.45) is 0. The maximum absolute atomic E-state index is 12.2. The summed E-state index contributed by atoms with van der Waals surface area (Å²) in [7, 11) is -1.82. The van der Waals surface area contributed by atoms with Crippen LogP contribution in [0.1, 0.15) is 18.3 Å². The summed E-state index contributed by atoms with van der Waals surface area (Å²) in [5.74, 6) is -0.209. The lowest BCUT2D eigenvalue weighted by molar-refractivity contribution is -0.114. The van der Waals surface area contributed by atoms with E-state index in [9.17, 15) is 13.2 Å². The van der Waals surface area contributed by atoms with Crippen LogP contribution in [0.5, 0.6) is 0 Å². The van der Waals surface area contributed by atoms with Crippen molar-refractivity contribution in [2.24, 2.45) is 7.05 Å². The molecule has 0 unspecified atom stereocenters. The average molecular weight is 322 g/mol. The Labute approximate surface area is 129 Å². The molecule has 1 aromatic heterocycles. The minimum atomic E-state index is -3.62. The lowest BCUT2D eigenvalue weighted by Gasteiger charge is -2.07. The number of rotatable bonds is 5. The Morgan fingerprint density at radius 2 is 1.91 bits per heavy atom. The van der Waals surface area contributed by atoms with E-state index < -0.39 is 10.0 Å². The van der Waals surface area contributed by atoms with Crippen LogP contribution in [0, 0.1) is 6.92 Å². The highest BCUT2D eigenvalue weighted by Gasteiger charge is 2.14. The fourth-order valence-electron chi connectivity index (χ4n) is 1.89. The Morgan fingerprint density at radius 1 is 1.27 bits per heavy atom. The van der Waals surface area contributed by atoms with Gasteiger partial charge in [-0.15, -0.1) is 0 Å². The van der Waals surface area contributed by atoms with Crippen molar-refractivity contribution in [3.05, 3.63) is 41.7 Å². The topological polar surface area (TPSA) is 93.1 Å². The second kappa shape index (κ2) is 6.29. The molecule has 0 fully saturated rings. The summed E-state index contributed by atoms with van der Waals surface area (Å²) in [5.41, 5.74) is 2.15. The van der Waals surface area contributed by atoms with Gasteiger partial charge in [0, 0.05) is 25.4 Å². The van der Waals surface area contributed by atoms with Crippen LogP contribution in [0.4, 0.5) is 5.69 Å². The van der Waals surface area contributed by atoms with Crippen molar-refractivity contribution in [3.8, 4) is 0 Å². The molecular formula is C14H18N4O3S. The standard InChI is InChI=1S/C14H18N4O3S/c1-10-8-13(17-18(10)3)9-15-22(20,21)14-6-4-12(5-7-14)16-11(2)19/h4-8,15H,9H2,1-3H3,(H,16,19). The fraction of sp³-hybridized carbons (Fsp3) is 0.286. The number of carbonyl (C=O) groups excluding carboxylic acids is 1. The number of aryl methyl sites for hydroxylation is 2. The van der Waals surface area contributed by atoms with E-state index in [1.807, 2.05) is 13.0 Å². The van der Waals surface area contributed by atoms with Crippen LogP contribution < -0.4 is 10.0 Å². The Kier molecular flexibility index (Phi) is 4.62. The zero-order valence-electron chi connectivity index (χ0n) is 12.6. The quantitative estimate of drug-likeness (QED) is 0.864. The molecule has 118 valence electrons. The summed E-state index contributed by atoms with van der Waals surface area (Å²) in [4.78, 5) is 11.1. The van der Waals surface area contributed by atoms with Crippen molar-refractivity contribution >= 4 is 21.6 Å². The van der Waals surface area contributed by atoms with Crippen molar-refractivity contribution in [2.45, 2.75) is 25.3 Å². The molecule has 0 bridgehead atoms. The Bertz CT molecular complexity index is 759. The molecule has 0 aliphatic rings. The molecule has 0 spiro atoms. The third-order valence-corrected chi connectivity index (χ3v) is 4.51. The largest absolute Gasteiger partial charge is 0.326 e. The van der Waals surface area contributed by atoms with E-state index in [0.29, 0.717) is 11.4 Å². The lowest BCUT2D eigenvalue weighted by atomic mass is 10.3. The number of amides is 1. The molecule has 1 heterocycles. The molecule has 1 amide bonds. The summed E-state index contributed by atoms with van der Waals surface area (Å²) in [5, 5.41) is 6.78. The SMILES string of the molecule is CC(=O)Nc1ccc(S(=O)(=O)NCc2cc(C)n(C)n2)cc1. The second-order valence-electron chi connectivity index (χ2n) is 4.93. The van der Waals surface area contributed by atoms with Gasteiger partial charge < -0.3 is 5.32 Å². The van der Waals surface area contributed by atoms with Gasteiger partial charge in [0.2, 0.25) is 15.9 Å². The van der Waals surface area contributed by atoms with Gasteiger partial charge in [-0.3, -0.25) is 9.48 Å². The molecule has 0 radical (unpaired) electrons. The first-order chi connectivity index (χ1) is 10.3. The van der Waals surface area contributed by atoms with E-state index in [1.54, 1.807) is 23.9 Å². The van der Waals surface area contributed by atoms with E-state index in [-0.39, 0.29) is 17.3 Å². The number of sulfonamides is 1. The van der Waals surface area contributed by atoms with E-state index in [1.165, 1.54) is 19.1 Å². The molecule has 22 heavy (non-hydrogen) atoms. The van der Waals surface area contributed by atoms with Crippen LogP contribution in [-0.2, 0) is 28.4 Å². The monoisotopic (exact) mass is 322 g/mol. The van der Waals surface area contributed by atoms with Crippen LogP contribution in [0.25, 0.3) is 0 Å². The van der Waals surface area contributed by atoms with Crippen molar-refractivity contribution in [2.75, 3.05) is 5.32 Å². The first kappa shape index (κ1) is 16.2. The Balaban J connectivity index is 2.07. The van der Waals surface area contributed by atoms with E-state index in [0.717, 1.165) is 5.69 Å². The van der Waals surface area contributed by atoms with E-state index in [2.05, 4.69) is 15.1 Å². The lowest BCUT2D eigenvalue weighted by Crippen LogP contribution is -2.23.